The molecule has 1 amide bonds. The molecule has 2 saturated carbocycles. The molecule has 1 aromatic carbocycles. The van der Waals surface area contributed by atoms with Gasteiger partial charge in [-0.05, 0) is 74.7 Å². The van der Waals surface area contributed by atoms with E-state index in [9.17, 15) is 34.8 Å². The van der Waals surface area contributed by atoms with Crippen molar-refractivity contribution in [3.8, 4) is 5.75 Å². The second-order valence-corrected chi connectivity index (χ2v) is 12.4. The lowest BCUT2D eigenvalue weighted by atomic mass is 9.57. The molecule has 0 saturated heterocycles. The van der Waals surface area contributed by atoms with Crippen molar-refractivity contribution in [3.05, 3.63) is 44.7 Å². The number of nitrogens with zero attached hydrogens (tertiary/aromatic N) is 1. The number of fused-ring (bicyclic) bond motifs is 3. The number of aliphatic hydroxyl groups is 3. The Hall–Kier alpha value is -2.92. The van der Waals surface area contributed by atoms with Crippen LogP contribution in [0, 0.1) is 17.3 Å². The van der Waals surface area contributed by atoms with Crippen molar-refractivity contribution in [3.63, 3.8) is 0 Å². The minimum absolute atomic E-state index is 0.00550. The van der Waals surface area contributed by atoms with Crippen molar-refractivity contribution in [2.24, 2.45) is 23.0 Å². The lowest BCUT2D eigenvalue weighted by molar-refractivity contribution is -0.153. The summed E-state index contributed by atoms with van der Waals surface area (Å²) >= 11 is 6.83. The number of halogens is 1. The fraction of sp³-hybridized carbons (Fsp3) is 0.552. The Morgan fingerprint density at radius 3 is 2.45 bits per heavy atom. The van der Waals surface area contributed by atoms with Gasteiger partial charge in [0.15, 0.2) is 11.4 Å². The number of hydrogen-bond donors (Lipinski definition) is 6. The number of aliphatic hydroxyl groups excluding tert-OH is 2. The summed E-state index contributed by atoms with van der Waals surface area (Å²) in [6.45, 7) is 3.42. The van der Waals surface area contributed by atoms with Crippen molar-refractivity contribution >= 4 is 34.8 Å². The van der Waals surface area contributed by atoms with E-state index < -0.39 is 58.0 Å². The van der Waals surface area contributed by atoms with E-state index >= 15 is 0 Å². The van der Waals surface area contributed by atoms with Crippen LogP contribution < -0.4 is 11.1 Å². The van der Waals surface area contributed by atoms with Gasteiger partial charge in [-0.25, -0.2) is 0 Å². The molecule has 1 aromatic rings. The number of phenolic OH excluding ortho intramolecular Hbond substituents is 1. The molecule has 216 valence electrons. The van der Waals surface area contributed by atoms with Crippen LogP contribution in [0.5, 0.6) is 5.75 Å². The van der Waals surface area contributed by atoms with Crippen molar-refractivity contribution in [1.82, 2.24) is 10.2 Å². The van der Waals surface area contributed by atoms with Gasteiger partial charge in [0, 0.05) is 29.6 Å². The van der Waals surface area contributed by atoms with E-state index in [-0.39, 0.29) is 35.1 Å². The van der Waals surface area contributed by atoms with Crippen LogP contribution in [-0.2, 0) is 27.3 Å². The van der Waals surface area contributed by atoms with Gasteiger partial charge in [0.1, 0.15) is 22.8 Å². The van der Waals surface area contributed by atoms with Crippen molar-refractivity contribution in [1.29, 1.82) is 0 Å². The zero-order valence-electron chi connectivity index (χ0n) is 22.9. The van der Waals surface area contributed by atoms with E-state index in [1.165, 1.54) is 30.2 Å². The predicted molar refractivity (Wildman–Crippen MR) is 148 cm³/mol. The number of primary amides is 1. The minimum Gasteiger partial charge on any atom is -0.508 e. The number of likely N-dealkylation sites (N-methyl/N-ethyl adjacent to an activating group) is 1. The lowest BCUT2D eigenvalue weighted by Gasteiger charge is -2.50. The average Bonchev–Trinajstić information content (AvgIpc) is 2.85. The number of amides is 1. The first-order valence-electron chi connectivity index (χ1n) is 13.7. The van der Waals surface area contributed by atoms with Gasteiger partial charge in [-0.15, -0.1) is 0 Å². The molecule has 0 bridgehead atoms. The summed E-state index contributed by atoms with van der Waals surface area (Å²) in [5, 5.41) is 48.7. The highest BCUT2D eigenvalue weighted by molar-refractivity contribution is 6.32. The van der Waals surface area contributed by atoms with Crippen LogP contribution in [-0.4, -0.2) is 75.1 Å². The van der Waals surface area contributed by atoms with Gasteiger partial charge in [0.2, 0.25) is 5.78 Å². The molecule has 7 N–H and O–H groups in total. The third kappa shape index (κ3) is 3.99. The summed E-state index contributed by atoms with van der Waals surface area (Å²) in [6, 6.07) is 0.327. The average molecular weight is 574 g/mol. The molecule has 0 aliphatic heterocycles. The van der Waals surface area contributed by atoms with Gasteiger partial charge in [-0.2, -0.15) is 0 Å². The lowest BCUT2D eigenvalue weighted by Crippen LogP contribution is -2.65. The molecule has 0 radical (unpaired) electrons. The zero-order valence-corrected chi connectivity index (χ0v) is 23.6. The molecule has 10 nitrogen and oxygen atoms in total. The summed E-state index contributed by atoms with van der Waals surface area (Å²) in [6.07, 6.45) is 4.82. The highest BCUT2D eigenvalue weighted by Crippen LogP contribution is 2.53. The number of benzene rings is 1. The summed E-state index contributed by atoms with van der Waals surface area (Å²) in [5.74, 6) is -6.81. The van der Waals surface area contributed by atoms with Crippen LogP contribution >= 0.6 is 11.6 Å². The first kappa shape index (κ1) is 28.6. The highest BCUT2D eigenvalue weighted by atomic mass is 35.5. The van der Waals surface area contributed by atoms with E-state index in [1.807, 2.05) is 0 Å². The molecule has 0 aromatic heterocycles. The number of aromatic hydroxyl groups is 1. The van der Waals surface area contributed by atoms with Crippen LogP contribution in [0.25, 0.3) is 5.76 Å². The molecule has 4 aliphatic rings. The van der Waals surface area contributed by atoms with Crippen LogP contribution in [0.4, 0.5) is 0 Å². The Bertz CT molecular complexity index is 1370. The maximum atomic E-state index is 13.9. The number of phenols is 1. The van der Waals surface area contributed by atoms with Crippen LogP contribution in [0.1, 0.15) is 55.7 Å². The number of carbonyl (C=O) groups is 3. The maximum absolute atomic E-state index is 13.9. The first-order valence-corrected chi connectivity index (χ1v) is 14.1. The molecular weight excluding hydrogens is 538 g/mol. The minimum atomic E-state index is -2.66. The Kier molecular flexibility index (Phi) is 7.06. The van der Waals surface area contributed by atoms with Gasteiger partial charge in [-0.3, -0.25) is 19.3 Å². The number of ketones is 2. The van der Waals surface area contributed by atoms with E-state index in [2.05, 4.69) is 12.2 Å². The fourth-order valence-electron chi connectivity index (χ4n) is 7.27. The monoisotopic (exact) mass is 573 g/mol. The van der Waals surface area contributed by atoms with E-state index in [1.54, 1.807) is 14.1 Å². The third-order valence-corrected chi connectivity index (χ3v) is 10.2. The summed E-state index contributed by atoms with van der Waals surface area (Å²) in [4.78, 5) is 40.6. The summed E-state index contributed by atoms with van der Waals surface area (Å²) < 4.78 is 0. The number of rotatable bonds is 7. The highest BCUT2D eigenvalue weighted by Gasteiger charge is 2.64. The normalized spacial score (nSPS) is 29.2. The fourth-order valence-corrected chi connectivity index (χ4v) is 7.56. The molecule has 11 heteroatoms. The summed E-state index contributed by atoms with van der Waals surface area (Å²) in [7, 11) is 3.13. The molecular formula is C29H36ClN3O7. The second kappa shape index (κ2) is 9.87. The molecule has 2 fully saturated rings. The molecule has 0 heterocycles. The number of carbonyl (C=O) groups excluding carboxylic acids is 3. The van der Waals surface area contributed by atoms with E-state index in [0.29, 0.717) is 22.7 Å². The van der Waals surface area contributed by atoms with E-state index in [4.69, 9.17) is 17.3 Å². The van der Waals surface area contributed by atoms with Crippen molar-refractivity contribution < 1.29 is 34.8 Å². The van der Waals surface area contributed by atoms with E-state index in [0.717, 1.165) is 13.0 Å². The van der Waals surface area contributed by atoms with Crippen LogP contribution in [0.3, 0.4) is 0 Å². The van der Waals surface area contributed by atoms with Crippen LogP contribution in [0.15, 0.2) is 23.0 Å². The molecule has 4 aliphatic carbocycles. The van der Waals surface area contributed by atoms with Gasteiger partial charge in [-0.1, -0.05) is 24.9 Å². The number of nitrogens with one attached hydrogen (secondary N) is 1. The maximum Gasteiger partial charge on any atom is 0.255 e. The van der Waals surface area contributed by atoms with Gasteiger partial charge < -0.3 is 31.5 Å². The summed E-state index contributed by atoms with van der Waals surface area (Å²) in [5.41, 5.74) is 3.07. The predicted octanol–water partition coefficient (Wildman–Crippen LogP) is 2.29. The topological polar surface area (TPSA) is 173 Å². The largest absolute Gasteiger partial charge is 0.508 e. The standard InChI is InChI=1S/C29H36ClN3O7/c1-4-28(6-5-7-28)12-32-11-14-10-17(34)19-15(21(14)30)8-13-9-16-22(33(2)3)24(36)20(27(31)39)26(38)29(16,40)25(37)18(13)23(19)35/h10,13,16,22,32,34-35,38,40H,4-9,11-12H2,1-3H3,(H2,31,39)/t13-,16-,22-,29-/m0/s1. The second-order valence-electron chi connectivity index (χ2n) is 12.0. The van der Waals surface area contributed by atoms with Gasteiger partial charge in [0.25, 0.3) is 5.91 Å². The van der Waals surface area contributed by atoms with Gasteiger partial charge in [0.05, 0.1) is 11.6 Å². The molecule has 0 spiro atoms. The number of Topliss-reactive ketones (excluding diaryl/α,β-unsaturated/α-hetero) is 2. The Morgan fingerprint density at radius 2 is 1.90 bits per heavy atom. The first-order chi connectivity index (χ1) is 18.8. The molecule has 4 atom stereocenters. The van der Waals surface area contributed by atoms with Crippen molar-refractivity contribution in [2.75, 3.05) is 20.6 Å². The molecule has 5 rings (SSSR count). The Morgan fingerprint density at radius 1 is 1.23 bits per heavy atom. The molecule has 0 unspecified atom stereocenters. The van der Waals surface area contributed by atoms with Crippen molar-refractivity contribution in [2.45, 2.75) is 63.6 Å². The smallest absolute Gasteiger partial charge is 0.255 e. The zero-order chi connectivity index (χ0) is 29.3. The van der Waals surface area contributed by atoms with Crippen LogP contribution in [0.2, 0.25) is 5.02 Å². The number of hydrogen-bond acceptors (Lipinski definition) is 9. The van der Waals surface area contributed by atoms with Gasteiger partial charge >= 0.3 is 0 Å². The quantitative estimate of drug-likeness (QED) is 0.267. The third-order valence-electron chi connectivity index (χ3n) is 9.71. The number of nitrogens with two attached hydrogens (primary N) is 1. The Balaban J connectivity index is 1.56. The SMILES string of the molecule is CCC1(CNCc2cc(O)c3c(c2Cl)C[C@H]2C[C@H]4[C@H](N(C)C)C(=O)C(C(N)=O)=C(O)[C@@]4(O)C(=O)C2=C3O)CCC1. The Labute approximate surface area is 237 Å². The molecule has 40 heavy (non-hydrogen) atoms.